The van der Waals surface area contributed by atoms with E-state index in [0.717, 1.165) is 42.3 Å². The lowest BCUT2D eigenvalue weighted by Gasteiger charge is -2.20. The van der Waals surface area contributed by atoms with Crippen molar-refractivity contribution in [3.8, 4) is 5.75 Å². The molecule has 1 heterocycles. The highest BCUT2D eigenvalue weighted by Crippen LogP contribution is 2.25. The maximum absolute atomic E-state index is 12.7. The second-order valence-electron chi connectivity index (χ2n) is 7.80. The molecular formula is C25H26N2O3. The van der Waals surface area contributed by atoms with Crippen molar-refractivity contribution in [2.75, 3.05) is 13.1 Å². The van der Waals surface area contributed by atoms with Gasteiger partial charge in [0.1, 0.15) is 5.75 Å². The molecule has 2 N–H and O–H groups in total. The molecule has 30 heavy (non-hydrogen) atoms. The van der Waals surface area contributed by atoms with Crippen LogP contribution in [-0.2, 0) is 6.54 Å². The lowest BCUT2D eigenvalue weighted by molar-refractivity contribution is 0.0761. The molecule has 1 saturated heterocycles. The van der Waals surface area contributed by atoms with Crippen molar-refractivity contribution in [3.05, 3.63) is 77.4 Å². The van der Waals surface area contributed by atoms with E-state index in [4.69, 9.17) is 0 Å². The van der Waals surface area contributed by atoms with E-state index < -0.39 is 0 Å². The van der Waals surface area contributed by atoms with Crippen molar-refractivity contribution in [1.29, 1.82) is 0 Å². The van der Waals surface area contributed by atoms with E-state index in [-0.39, 0.29) is 23.1 Å². The molecule has 1 aliphatic heterocycles. The molecule has 2 amide bonds. The summed E-state index contributed by atoms with van der Waals surface area (Å²) in [4.78, 5) is 27.2. The third-order valence-electron chi connectivity index (χ3n) is 5.66. The maximum Gasteiger partial charge on any atom is 0.255 e. The molecule has 154 valence electrons. The fourth-order valence-electron chi connectivity index (χ4n) is 3.91. The highest BCUT2D eigenvalue weighted by Gasteiger charge is 2.17. The first-order valence-electron chi connectivity index (χ1n) is 10.5. The Morgan fingerprint density at radius 1 is 0.867 bits per heavy atom. The number of carbonyl (C=O) groups excluding carboxylic acids is 2. The number of nitrogens with zero attached hydrogens (tertiary/aromatic N) is 1. The summed E-state index contributed by atoms with van der Waals surface area (Å²) < 4.78 is 0. The minimum Gasteiger partial charge on any atom is -0.507 e. The molecule has 0 atom stereocenters. The maximum atomic E-state index is 12.7. The Labute approximate surface area is 176 Å². The largest absolute Gasteiger partial charge is 0.507 e. The van der Waals surface area contributed by atoms with E-state index >= 15 is 0 Å². The summed E-state index contributed by atoms with van der Waals surface area (Å²) in [7, 11) is 0. The lowest BCUT2D eigenvalue weighted by Crippen LogP contribution is -2.31. The molecule has 0 bridgehead atoms. The topological polar surface area (TPSA) is 69.6 Å². The van der Waals surface area contributed by atoms with Crippen LogP contribution in [0.4, 0.5) is 0 Å². The Kier molecular flexibility index (Phi) is 5.98. The summed E-state index contributed by atoms with van der Waals surface area (Å²) in [6.07, 6.45) is 4.51. The molecule has 5 heteroatoms. The van der Waals surface area contributed by atoms with E-state index in [1.807, 2.05) is 53.4 Å². The summed E-state index contributed by atoms with van der Waals surface area (Å²) >= 11 is 0. The Balaban J connectivity index is 1.40. The van der Waals surface area contributed by atoms with Gasteiger partial charge in [0.25, 0.3) is 11.8 Å². The van der Waals surface area contributed by atoms with E-state index in [9.17, 15) is 14.7 Å². The monoisotopic (exact) mass is 402 g/mol. The Morgan fingerprint density at radius 2 is 1.50 bits per heavy atom. The highest BCUT2D eigenvalue weighted by atomic mass is 16.3. The molecule has 1 aliphatic rings. The van der Waals surface area contributed by atoms with E-state index in [1.165, 1.54) is 12.8 Å². The molecule has 5 nitrogen and oxygen atoms in total. The summed E-state index contributed by atoms with van der Waals surface area (Å²) in [6, 6.07) is 18.3. The van der Waals surface area contributed by atoms with Gasteiger partial charge in [0.05, 0.1) is 5.56 Å². The van der Waals surface area contributed by atoms with Crippen molar-refractivity contribution in [3.63, 3.8) is 0 Å². The standard InChI is InChI=1S/C25H26N2O3/c28-23-16-21-8-4-3-7-20(21)15-22(23)24(29)26-17-18-9-11-19(12-10-18)25(30)27-13-5-1-2-6-14-27/h3-4,7-12,15-16,28H,1-2,5-6,13-14,17H2,(H,26,29). The number of likely N-dealkylation sites (tertiary alicyclic amines) is 1. The van der Waals surface area contributed by atoms with Crippen LogP contribution in [0.25, 0.3) is 10.8 Å². The van der Waals surface area contributed by atoms with Gasteiger partial charge in [-0.15, -0.1) is 0 Å². The second-order valence-corrected chi connectivity index (χ2v) is 7.80. The lowest BCUT2D eigenvalue weighted by atomic mass is 10.1. The van der Waals surface area contributed by atoms with Crippen molar-refractivity contribution < 1.29 is 14.7 Å². The molecule has 1 fully saturated rings. The number of carbonyl (C=O) groups is 2. The Bertz CT molecular complexity index is 1050. The van der Waals surface area contributed by atoms with Gasteiger partial charge < -0.3 is 15.3 Å². The molecule has 0 aromatic heterocycles. The van der Waals surface area contributed by atoms with Gasteiger partial charge in [0.2, 0.25) is 0 Å². The van der Waals surface area contributed by atoms with Crippen LogP contribution in [0.1, 0.15) is 52.0 Å². The fraction of sp³-hybridized carbons (Fsp3) is 0.280. The van der Waals surface area contributed by atoms with Crippen LogP contribution in [0, 0.1) is 0 Å². The van der Waals surface area contributed by atoms with Gasteiger partial charge in [0.15, 0.2) is 0 Å². The van der Waals surface area contributed by atoms with Crippen LogP contribution in [0.5, 0.6) is 5.75 Å². The first-order valence-corrected chi connectivity index (χ1v) is 10.5. The fourth-order valence-corrected chi connectivity index (χ4v) is 3.91. The predicted octanol–water partition coefficient (Wildman–Crippen LogP) is 4.49. The van der Waals surface area contributed by atoms with Gasteiger partial charge in [-0.05, 0) is 53.4 Å². The molecule has 0 aliphatic carbocycles. The number of aromatic hydroxyl groups is 1. The van der Waals surface area contributed by atoms with Crippen LogP contribution in [0.2, 0.25) is 0 Å². The normalized spacial score (nSPS) is 14.3. The van der Waals surface area contributed by atoms with Gasteiger partial charge in [0, 0.05) is 25.2 Å². The molecule has 0 unspecified atom stereocenters. The van der Waals surface area contributed by atoms with Crippen LogP contribution in [0.15, 0.2) is 60.7 Å². The first kappa shape index (κ1) is 20.0. The van der Waals surface area contributed by atoms with E-state index in [1.54, 1.807) is 12.1 Å². The van der Waals surface area contributed by atoms with Crippen LogP contribution in [0.3, 0.4) is 0 Å². The first-order chi connectivity index (χ1) is 14.6. The van der Waals surface area contributed by atoms with Crippen molar-refractivity contribution in [2.45, 2.75) is 32.2 Å². The zero-order valence-electron chi connectivity index (χ0n) is 16.9. The average Bonchev–Trinajstić information content (AvgIpc) is 3.06. The van der Waals surface area contributed by atoms with Crippen LogP contribution in [-0.4, -0.2) is 34.9 Å². The number of rotatable bonds is 4. The third kappa shape index (κ3) is 4.46. The Morgan fingerprint density at radius 3 is 2.17 bits per heavy atom. The average molecular weight is 402 g/mol. The van der Waals surface area contributed by atoms with Crippen LogP contribution >= 0.6 is 0 Å². The second kappa shape index (κ2) is 8.99. The Hall–Kier alpha value is -3.34. The van der Waals surface area contributed by atoms with Crippen LogP contribution < -0.4 is 5.32 Å². The number of nitrogens with one attached hydrogen (secondary N) is 1. The van der Waals surface area contributed by atoms with Gasteiger partial charge in [-0.25, -0.2) is 0 Å². The quantitative estimate of drug-likeness (QED) is 0.675. The third-order valence-corrected chi connectivity index (χ3v) is 5.66. The number of hydrogen-bond acceptors (Lipinski definition) is 3. The van der Waals surface area contributed by atoms with Gasteiger partial charge >= 0.3 is 0 Å². The minimum absolute atomic E-state index is 0.0374. The summed E-state index contributed by atoms with van der Waals surface area (Å²) in [6.45, 7) is 1.97. The minimum atomic E-state index is -0.331. The number of amides is 2. The smallest absolute Gasteiger partial charge is 0.255 e. The number of hydrogen-bond donors (Lipinski definition) is 2. The van der Waals surface area contributed by atoms with E-state index in [0.29, 0.717) is 12.1 Å². The summed E-state index contributed by atoms with van der Waals surface area (Å²) in [5.41, 5.74) is 1.83. The zero-order chi connectivity index (χ0) is 20.9. The molecule has 0 saturated carbocycles. The number of fused-ring (bicyclic) bond motifs is 1. The summed E-state index contributed by atoms with van der Waals surface area (Å²) in [5.74, 6) is -0.291. The molecule has 3 aromatic rings. The molecule has 0 radical (unpaired) electrons. The molecule has 0 spiro atoms. The number of phenols is 1. The SMILES string of the molecule is O=C(NCc1ccc(C(=O)N2CCCCCC2)cc1)c1cc2ccccc2cc1O. The van der Waals surface area contributed by atoms with Gasteiger partial charge in [-0.1, -0.05) is 49.2 Å². The highest BCUT2D eigenvalue weighted by molar-refractivity contribution is 6.01. The zero-order valence-corrected chi connectivity index (χ0v) is 16.9. The van der Waals surface area contributed by atoms with Crippen molar-refractivity contribution >= 4 is 22.6 Å². The van der Waals surface area contributed by atoms with Gasteiger partial charge in [-0.3, -0.25) is 9.59 Å². The molecule has 3 aromatic carbocycles. The molecule has 4 rings (SSSR count). The number of benzene rings is 3. The van der Waals surface area contributed by atoms with E-state index in [2.05, 4.69) is 5.32 Å². The molecular weight excluding hydrogens is 376 g/mol. The number of phenolic OH excluding ortho intramolecular Hbond substituents is 1. The summed E-state index contributed by atoms with van der Waals surface area (Å²) in [5, 5.41) is 14.8. The van der Waals surface area contributed by atoms with Crippen molar-refractivity contribution in [2.24, 2.45) is 0 Å². The van der Waals surface area contributed by atoms with Crippen molar-refractivity contribution in [1.82, 2.24) is 10.2 Å². The predicted molar refractivity (Wildman–Crippen MR) is 118 cm³/mol. The van der Waals surface area contributed by atoms with Gasteiger partial charge in [-0.2, -0.15) is 0 Å².